The Hall–Kier alpha value is -4.06. The van der Waals surface area contributed by atoms with Gasteiger partial charge in [0.2, 0.25) is 5.91 Å². The van der Waals surface area contributed by atoms with E-state index in [1.807, 2.05) is 0 Å². The fraction of sp³-hybridized carbons (Fsp3) is 0.250. The van der Waals surface area contributed by atoms with Crippen LogP contribution in [0.1, 0.15) is 5.56 Å². The summed E-state index contributed by atoms with van der Waals surface area (Å²) in [6.07, 6.45) is 0. The minimum Gasteiger partial charge on any atom is -0.497 e. The van der Waals surface area contributed by atoms with Crippen LogP contribution in [0.5, 0.6) is 11.5 Å². The van der Waals surface area contributed by atoms with Crippen LogP contribution >= 0.6 is 11.8 Å². The van der Waals surface area contributed by atoms with E-state index >= 15 is 0 Å². The third-order valence-electron chi connectivity index (χ3n) is 5.58. The number of hydrogen-bond acceptors (Lipinski definition) is 7. The number of imidazole rings is 1. The van der Waals surface area contributed by atoms with Gasteiger partial charge in [-0.25, -0.2) is 14.2 Å². The summed E-state index contributed by atoms with van der Waals surface area (Å²) in [6, 6.07) is 10.9. The molecular formula is C24H24FN5O5S. The molecule has 0 radical (unpaired) electrons. The number of carbonyl (C=O) groups excluding carboxylic acids is 1. The van der Waals surface area contributed by atoms with E-state index in [-0.39, 0.29) is 35.2 Å². The summed E-state index contributed by atoms with van der Waals surface area (Å²) in [5.41, 5.74) is 0.542. The Bertz CT molecular complexity index is 1560. The van der Waals surface area contributed by atoms with Gasteiger partial charge in [0.15, 0.2) is 16.3 Å². The molecule has 188 valence electrons. The zero-order chi connectivity index (χ0) is 26.0. The average molecular weight is 514 g/mol. The lowest BCUT2D eigenvalue weighted by atomic mass is 10.2. The first-order valence-corrected chi connectivity index (χ1v) is 11.8. The number of anilines is 1. The van der Waals surface area contributed by atoms with Gasteiger partial charge in [0, 0.05) is 20.2 Å². The topological polar surface area (TPSA) is 109 Å². The van der Waals surface area contributed by atoms with Gasteiger partial charge in [-0.15, -0.1) is 0 Å². The molecule has 0 aliphatic heterocycles. The molecule has 4 aromatic rings. The number of aromatic nitrogens is 4. The predicted octanol–water partition coefficient (Wildman–Crippen LogP) is 2.37. The van der Waals surface area contributed by atoms with Crippen LogP contribution in [0.15, 0.2) is 57.2 Å². The largest absolute Gasteiger partial charge is 0.497 e. The number of fused-ring (bicyclic) bond motifs is 1. The van der Waals surface area contributed by atoms with Crippen molar-refractivity contribution in [3.8, 4) is 11.5 Å². The van der Waals surface area contributed by atoms with Crippen LogP contribution in [0.25, 0.3) is 11.2 Å². The number of hydrogen-bond donors (Lipinski definition) is 1. The van der Waals surface area contributed by atoms with Crippen molar-refractivity contribution < 1.29 is 18.7 Å². The van der Waals surface area contributed by atoms with Crippen LogP contribution in [0.2, 0.25) is 0 Å². The molecule has 0 unspecified atom stereocenters. The molecule has 0 spiro atoms. The smallest absolute Gasteiger partial charge is 0.332 e. The number of nitrogens with one attached hydrogen (secondary N) is 1. The van der Waals surface area contributed by atoms with Crippen LogP contribution in [0.3, 0.4) is 0 Å². The minimum absolute atomic E-state index is 0.0403. The third kappa shape index (κ3) is 4.85. The van der Waals surface area contributed by atoms with E-state index in [0.717, 1.165) is 21.9 Å². The number of methoxy groups -OCH3 is 2. The zero-order valence-electron chi connectivity index (χ0n) is 20.1. The van der Waals surface area contributed by atoms with Gasteiger partial charge in [-0.2, -0.15) is 0 Å². The maximum Gasteiger partial charge on any atom is 0.332 e. The van der Waals surface area contributed by atoms with E-state index in [9.17, 15) is 18.8 Å². The molecule has 0 aliphatic rings. The molecule has 0 aliphatic carbocycles. The molecule has 0 saturated heterocycles. The van der Waals surface area contributed by atoms with Gasteiger partial charge >= 0.3 is 5.69 Å². The molecule has 0 fully saturated rings. The number of aryl methyl sites for hydroxylation is 1. The van der Waals surface area contributed by atoms with Gasteiger partial charge in [-0.1, -0.05) is 23.9 Å². The monoisotopic (exact) mass is 513 g/mol. The van der Waals surface area contributed by atoms with Gasteiger partial charge in [-0.05, 0) is 29.8 Å². The number of benzene rings is 2. The molecule has 0 bridgehead atoms. The summed E-state index contributed by atoms with van der Waals surface area (Å²) < 4.78 is 27.9. The fourth-order valence-electron chi connectivity index (χ4n) is 3.68. The highest BCUT2D eigenvalue weighted by molar-refractivity contribution is 7.99. The van der Waals surface area contributed by atoms with Crippen molar-refractivity contribution in [3.05, 3.63) is 74.7 Å². The first-order chi connectivity index (χ1) is 17.2. The molecule has 2 aromatic carbocycles. The van der Waals surface area contributed by atoms with E-state index in [1.54, 1.807) is 34.9 Å². The van der Waals surface area contributed by atoms with Crippen molar-refractivity contribution in [1.29, 1.82) is 0 Å². The normalized spacial score (nSPS) is 11.0. The number of ether oxygens (including phenoxy) is 2. The lowest BCUT2D eigenvalue weighted by molar-refractivity contribution is -0.113. The zero-order valence-corrected chi connectivity index (χ0v) is 20.9. The van der Waals surface area contributed by atoms with E-state index in [4.69, 9.17) is 9.47 Å². The number of thioether (sulfide) groups is 1. The Balaban J connectivity index is 1.68. The quantitative estimate of drug-likeness (QED) is 0.360. The summed E-state index contributed by atoms with van der Waals surface area (Å²) >= 11 is 1.11. The SMILES string of the molecule is COc1ccc(OC)c(NC(=O)CSc2nc3c(c(=O)n(C)c(=O)n3C)n2Cc2ccc(F)cc2)c1. The summed E-state index contributed by atoms with van der Waals surface area (Å²) in [4.78, 5) is 42.7. The predicted molar refractivity (Wildman–Crippen MR) is 135 cm³/mol. The van der Waals surface area contributed by atoms with Crippen LogP contribution in [0.4, 0.5) is 10.1 Å². The highest BCUT2D eigenvalue weighted by Crippen LogP contribution is 2.29. The molecule has 2 heterocycles. The Morgan fingerprint density at radius 1 is 1.06 bits per heavy atom. The second-order valence-corrected chi connectivity index (χ2v) is 8.83. The molecule has 12 heteroatoms. The van der Waals surface area contributed by atoms with Crippen molar-refractivity contribution in [2.75, 3.05) is 25.3 Å². The third-order valence-corrected chi connectivity index (χ3v) is 6.56. The Morgan fingerprint density at radius 3 is 2.44 bits per heavy atom. The van der Waals surface area contributed by atoms with Crippen molar-refractivity contribution in [2.24, 2.45) is 14.1 Å². The highest BCUT2D eigenvalue weighted by atomic mass is 32.2. The number of nitrogens with zero attached hydrogens (tertiary/aromatic N) is 4. The Kier molecular flexibility index (Phi) is 7.15. The summed E-state index contributed by atoms with van der Waals surface area (Å²) in [5.74, 6) is 0.259. The molecule has 4 rings (SSSR count). The summed E-state index contributed by atoms with van der Waals surface area (Å²) in [5, 5.41) is 3.15. The number of rotatable bonds is 8. The van der Waals surface area contributed by atoms with Gasteiger partial charge in [0.05, 0.1) is 32.2 Å². The molecular weight excluding hydrogens is 489 g/mol. The van der Waals surface area contributed by atoms with Gasteiger partial charge < -0.3 is 19.4 Å². The van der Waals surface area contributed by atoms with Crippen LogP contribution < -0.4 is 26.0 Å². The summed E-state index contributed by atoms with van der Waals surface area (Å²) in [6.45, 7) is 0.192. The molecule has 0 atom stereocenters. The number of carbonyl (C=O) groups is 1. The van der Waals surface area contributed by atoms with Crippen molar-refractivity contribution in [2.45, 2.75) is 11.7 Å². The van der Waals surface area contributed by atoms with Gasteiger partial charge in [0.25, 0.3) is 5.56 Å². The van der Waals surface area contributed by atoms with Crippen molar-refractivity contribution >= 4 is 34.5 Å². The molecule has 1 amide bonds. The second-order valence-electron chi connectivity index (χ2n) is 7.89. The van der Waals surface area contributed by atoms with E-state index < -0.39 is 11.2 Å². The lowest BCUT2D eigenvalue weighted by Gasteiger charge is -2.12. The second kappa shape index (κ2) is 10.3. The maximum atomic E-state index is 13.4. The van der Waals surface area contributed by atoms with Crippen molar-refractivity contribution in [1.82, 2.24) is 18.7 Å². The lowest BCUT2D eigenvalue weighted by Crippen LogP contribution is -2.37. The van der Waals surface area contributed by atoms with Crippen molar-refractivity contribution in [3.63, 3.8) is 0 Å². The molecule has 0 saturated carbocycles. The van der Waals surface area contributed by atoms with E-state index in [0.29, 0.717) is 22.3 Å². The summed E-state index contributed by atoms with van der Waals surface area (Å²) in [7, 11) is 5.93. The number of amides is 1. The Morgan fingerprint density at radius 2 is 1.78 bits per heavy atom. The first kappa shape index (κ1) is 25.0. The minimum atomic E-state index is -0.515. The highest BCUT2D eigenvalue weighted by Gasteiger charge is 2.21. The molecule has 2 aromatic heterocycles. The van der Waals surface area contributed by atoms with Crippen LogP contribution in [-0.4, -0.2) is 44.6 Å². The number of halogens is 1. The van der Waals surface area contributed by atoms with Gasteiger partial charge in [0.1, 0.15) is 17.3 Å². The molecule has 1 N–H and O–H groups in total. The fourth-order valence-corrected chi connectivity index (χ4v) is 4.48. The van der Waals surface area contributed by atoms with Gasteiger partial charge in [-0.3, -0.25) is 18.7 Å². The maximum absolute atomic E-state index is 13.4. The molecule has 36 heavy (non-hydrogen) atoms. The Labute approximate surface area is 209 Å². The molecule has 10 nitrogen and oxygen atoms in total. The first-order valence-electron chi connectivity index (χ1n) is 10.8. The van der Waals surface area contributed by atoms with Crippen LogP contribution in [-0.2, 0) is 25.4 Å². The average Bonchev–Trinajstić information content (AvgIpc) is 3.24. The van der Waals surface area contributed by atoms with E-state index in [1.165, 1.54) is 45.0 Å². The van der Waals surface area contributed by atoms with Crippen LogP contribution in [0, 0.1) is 5.82 Å². The standard InChI is InChI=1S/C24H24FN5O5S/c1-28-21-20(22(32)29(2)24(28)33)30(12-14-5-7-15(25)8-6-14)23(27-21)36-13-19(31)26-17-11-16(34-3)9-10-18(17)35-4/h5-11H,12-13H2,1-4H3,(H,26,31). The van der Waals surface area contributed by atoms with E-state index in [2.05, 4.69) is 10.3 Å².